The number of aromatic nitrogens is 3. The van der Waals surface area contributed by atoms with Crippen molar-refractivity contribution in [2.75, 3.05) is 7.05 Å². The zero-order chi connectivity index (χ0) is 17.7. The molecule has 0 radical (unpaired) electrons. The van der Waals surface area contributed by atoms with Gasteiger partial charge in [-0.15, -0.1) is 0 Å². The van der Waals surface area contributed by atoms with Crippen LogP contribution in [0, 0.1) is 11.8 Å². The van der Waals surface area contributed by atoms with Gasteiger partial charge >= 0.3 is 0 Å². The minimum Gasteiger partial charge on any atom is -0.341 e. The third-order valence-corrected chi connectivity index (χ3v) is 7.04. The number of fused-ring (bicyclic) bond motifs is 1. The Kier molecular flexibility index (Phi) is 3.66. The van der Waals surface area contributed by atoms with E-state index < -0.39 is 0 Å². The van der Waals surface area contributed by atoms with Crippen molar-refractivity contribution in [3.63, 3.8) is 0 Å². The number of amides is 1. The van der Waals surface area contributed by atoms with Crippen molar-refractivity contribution in [1.82, 2.24) is 19.7 Å². The highest BCUT2D eigenvalue weighted by Crippen LogP contribution is 2.64. The smallest absolute Gasteiger partial charge is 0.226 e. The molecule has 3 atom stereocenters. The van der Waals surface area contributed by atoms with E-state index in [0.717, 1.165) is 18.4 Å². The predicted molar refractivity (Wildman–Crippen MR) is 98.3 cm³/mol. The molecule has 4 aliphatic rings. The topological polar surface area (TPSA) is 51.0 Å². The quantitative estimate of drug-likeness (QED) is 0.831. The van der Waals surface area contributed by atoms with Crippen LogP contribution in [0.4, 0.5) is 0 Å². The Labute approximate surface area is 154 Å². The van der Waals surface area contributed by atoms with Gasteiger partial charge in [0.05, 0.1) is 12.0 Å². The van der Waals surface area contributed by atoms with Crippen molar-refractivity contribution >= 4 is 5.91 Å². The lowest BCUT2D eigenvalue weighted by atomic mass is 9.58. The van der Waals surface area contributed by atoms with Crippen molar-refractivity contribution in [2.24, 2.45) is 11.8 Å². The Morgan fingerprint density at radius 3 is 2.88 bits per heavy atom. The summed E-state index contributed by atoms with van der Waals surface area (Å²) in [6.45, 7) is 0.633. The molecule has 5 nitrogen and oxygen atoms in total. The molecule has 26 heavy (non-hydrogen) atoms. The molecule has 0 saturated heterocycles. The van der Waals surface area contributed by atoms with E-state index in [4.69, 9.17) is 0 Å². The van der Waals surface area contributed by atoms with Gasteiger partial charge in [-0.3, -0.25) is 14.5 Å². The lowest BCUT2D eigenvalue weighted by molar-refractivity contribution is -0.143. The second-order valence-corrected chi connectivity index (χ2v) is 8.44. The summed E-state index contributed by atoms with van der Waals surface area (Å²) in [5.41, 5.74) is 2.43. The Bertz CT molecular complexity index is 808. The zero-order valence-electron chi connectivity index (χ0n) is 15.3. The Morgan fingerprint density at radius 1 is 1.31 bits per heavy atom. The lowest BCUT2D eigenvalue weighted by Crippen LogP contribution is -2.53. The van der Waals surface area contributed by atoms with Gasteiger partial charge in [-0.05, 0) is 62.1 Å². The SMILES string of the molecule is CN(Cc1cccnc1)C(=O)C1C2CCC1(c1ccnn1C1CCC1)C2. The Hall–Kier alpha value is -2.17. The first-order chi connectivity index (χ1) is 12.7. The molecule has 0 spiro atoms. The van der Waals surface area contributed by atoms with Gasteiger partial charge in [0.15, 0.2) is 0 Å². The number of carbonyl (C=O) groups is 1. The number of nitrogens with zero attached hydrogens (tertiary/aromatic N) is 4. The summed E-state index contributed by atoms with van der Waals surface area (Å²) in [5.74, 6) is 0.965. The molecule has 4 saturated carbocycles. The molecule has 3 unspecified atom stereocenters. The molecule has 0 aliphatic heterocycles. The summed E-state index contributed by atoms with van der Waals surface area (Å²) in [6.07, 6.45) is 12.8. The average molecular weight is 350 g/mol. The molecule has 1 amide bonds. The maximum atomic E-state index is 13.3. The molecule has 2 bridgehead atoms. The van der Waals surface area contributed by atoms with Crippen LogP contribution in [0.15, 0.2) is 36.8 Å². The van der Waals surface area contributed by atoms with Gasteiger partial charge in [0.1, 0.15) is 0 Å². The third-order valence-electron chi connectivity index (χ3n) is 7.04. The van der Waals surface area contributed by atoms with Gasteiger partial charge in [0.25, 0.3) is 0 Å². The molecule has 0 aromatic carbocycles. The van der Waals surface area contributed by atoms with E-state index in [1.165, 1.54) is 31.4 Å². The third kappa shape index (κ3) is 2.25. The molecule has 4 fully saturated rings. The van der Waals surface area contributed by atoms with Crippen LogP contribution < -0.4 is 0 Å². The Morgan fingerprint density at radius 2 is 2.19 bits per heavy atom. The molecule has 5 heteroatoms. The van der Waals surface area contributed by atoms with Gasteiger partial charge in [-0.25, -0.2) is 0 Å². The van der Waals surface area contributed by atoms with Gasteiger partial charge in [-0.1, -0.05) is 6.07 Å². The van der Waals surface area contributed by atoms with E-state index in [-0.39, 0.29) is 11.3 Å². The molecule has 2 aromatic rings. The second kappa shape index (κ2) is 5.93. The van der Waals surface area contributed by atoms with Gasteiger partial charge in [-0.2, -0.15) is 5.10 Å². The average Bonchev–Trinajstić information content (AvgIpc) is 3.28. The van der Waals surface area contributed by atoms with Crippen molar-refractivity contribution in [2.45, 2.75) is 56.5 Å². The van der Waals surface area contributed by atoms with Crippen molar-refractivity contribution in [3.8, 4) is 0 Å². The summed E-state index contributed by atoms with van der Waals surface area (Å²) in [7, 11) is 1.93. The van der Waals surface area contributed by atoms with Crippen LogP contribution in [0.5, 0.6) is 0 Å². The molecular formula is C21H26N4O. The van der Waals surface area contributed by atoms with Crippen molar-refractivity contribution in [3.05, 3.63) is 48.0 Å². The van der Waals surface area contributed by atoms with Crippen molar-refractivity contribution < 1.29 is 4.79 Å². The number of rotatable bonds is 5. The first-order valence-corrected chi connectivity index (χ1v) is 9.87. The maximum Gasteiger partial charge on any atom is 0.226 e. The fourth-order valence-electron chi connectivity index (χ4n) is 5.51. The van der Waals surface area contributed by atoms with E-state index in [9.17, 15) is 4.79 Å². The van der Waals surface area contributed by atoms with Crippen LogP contribution in [0.3, 0.4) is 0 Å². The molecule has 136 valence electrons. The normalized spacial score (nSPS) is 29.9. The summed E-state index contributed by atoms with van der Waals surface area (Å²) < 4.78 is 2.26. The van der Waals surface area contributed by atoms with Crippen LogP contribution in [-0.4, -0.2) is 32.6 Å². The highest BCUT2D eigenvalue weighted by molar-refractivity contribution is 5.82. The molecule has 6 rings (SSSR count). The summed E-state index contributed by atoms with van der Waals surface area (Å²) >= 11 is 0. The molecule has 2 aromatic heterocycles. The van der Waals surface area contributed by atoms with E-state index in [0.29, 0.717) is 24.4 Å². The number of pyridine rings is 1. The minimum atomic E-state index is 0.0248. The molecule has 4 aliphatic carbocycles. The van der Waals surface area contributed by atoms with Crippen LogP contribution >= 0.6 is 0 Å². The summed E-state index contributed by atoms with van der Waals surface area (Å²) in [4.78, 5) is 19.4. The zero-order valence-corrected chi connectivity index (χ0v) is 15.3. The number of hydrogen-bond acceptors (Lipinski definition) is 3. The predicted octanol–water partition coefficient (Wildman–Crippen LogP) is 3.33. The second-order valence-electron chi connectivity index (χ2n) is 8.44. The molecule has 2 heterocycles. The van der Waals surface area contributed by atoms with Gasteiger partial charge in [0.2, 0.25) is 5.91 Å². The first-order valence-electron chi connectivity index (χ1n) is 9.87. The minimum absolute atomic E-state index is 0.0248. The summed E-state index contributed by atoms with van der Waals surface area (Å²) in [6, 6.07) is 6.70. The molecule has 0 N–H and O–H groups in total. The van der Waals surface area contributed by atoms with Gasteiger partial charge in [0, 0.05) is 43.3 Å². The highest BCUT2D eigenvalue weighted by Gasteiger charge is 2.64. The monoisotopic (exact) mass is 350 g/mol. The van der Waals surface area contributed by atoms with Gasteiger partial charge < -0.3 is 4.90 Å². The largest absolute Gasteiger partial charge is 0.341 e. The summed E-state index contributed by atoms with van der Waals surface area (Å²) in [5, 5.41) is 4.64. The van der Waals surface area contributed by atoms with Crippen LogP contribution in [-0.2, 0) is 16.8 Å². The maximum absolute atomic E-state index is 13.3. The fourth-order valence-corrected chi connectivity index (χ4v) is 5.51. The highest BCUT2D eigenvalue weighted by atomic mass is 16.2. The van der Waals surface area contributed by atoms with Crippen molar-refractivity contribution in [1.29, 1.82) is 0 Å². The standard InChI is InChI=1S/C21H26N4O/c1-24(14-15-4-3-10-22-13-15)20(26)19-16-7-9-21(19,12-16)18-8-11-23-25(18)17-5-2-6-17/h3-4,8,10-11,13,16-17,19H,2,5-7,9,12,14H2,1H3. The Balaban J connectivity index is 1.39. The number of hydrogen-bond donors (Lipinski definition) is 0. The van der Waals surface area contributed by atoms with E-state index >= 15 is 0 Å². The number of carbonyl (C=O) groups excluding carboxylic acids is 1. The first kappa shape index (κ1) is 16.0. The van der Waals surface area contributed by atoms with E-state index in [1.807, 2.05) is 36.5 Å². The molecular weight excluding hydrogens is 324 g/mol. The van der Waals surface area contributed by atoms with E-state index in [1.54, 1.807) is 6.20 Å². The lowest BCUT2D eigenvalue weighted by Gasteiger charge is -2.48. The van der Waals surface area contributed by atoms with Crippen LogP contribution in [0.1, 0.15) is 55.8 Å². The van der Waals surface area contributed by atoms with Crippen LogP contribution in [0.25, 0.3) is 0 Å². The van der Waals surface area contributed by atoms with Crippen LogP contribution in [0.2, 0.25) is 0 Å². The van der Waals surface area contributed by atoms with E-state index in [2.05, 4.69) is 20.8 Å². The fraction of sp³-hybridized carbons (Fsp3) is 0.571.